The maximum Gasteiger partial charge on any atom is 0.0839 e. The van der Waals surface area contributed by atoms with E-state index in [0.29, 0.717) is 0 Å². The predicted molar refractivity (Wildman–Crippen MR) is 67.9 cm³/mol. The van der Waals surface area contributed by atoms with Crippen LogP contribution in [0.15, 0.2) is 18.2 Å². The first-order valence-electron chi connectivity index (χ1n) is 5.36. The average Bonchev–Trinajstić information content (AvgIpc) is 2.76. The van der Waals surface area contributed by atoms with Crippen molar-refractivity contribution in [3.05, 3.63) is 39.3 Å². The molecule has 0 bridgehead atoms. The number of aryl methyl sites for hydroxylation is 3. The van der Waals surface area contributed by atoms with Crippen LogP contribution in [0.4, 0.5) is 0 Å². The van der Waals surface area contributed by atoms with Crippen LogP contribution in [0.3, 0.4) is 0 Å². The van der Waals surface area contributed by atoms with E-state index in [9.17, 15) is 0 Å². The largest absolute Gasteiger partial charge is 0.307 e. The van der Waals surface area contributed by atoms with Crippen molar-refractivity contribution in [3.8, 4) is 0 Å². The molecule has 86 valence electrons. The summed E-state index contributed by atoms with van der Waals surface area (Å²) >= 11 is 1.83. The molecule has 0 spiro atoms. The van der Waals surface area contributed by atoms with Crippen LogP contribution in [0.5, 0.6) is 0 Å². The highest BCUT2D eigenvalue weighted by molar-refractivity contribution is 7.12. The number of nitrogens with zero attached hydrogens (tertiary/aromatic N) is 2. The van der Waals surface area contributed by atoms with E-state index in [0.717, 1.165) is 5.69 Å². The number of thiophene rings is 1. The zero-order valence-corrected chi connectivity index (χ0v) is 10.9. The molecule has 0 fully saturated rings. The highest BCUT2D eigenvalue weighted by Gasteiger charge is 2.17. The van der Waals surface area contributed by atoms with Gasteiger partial charge in [-0.2, -0.15) is 5.10 Å². The fraction of sp³-hybridized carbons (Fsp3) is 0.417. The second-order valence-electron chi connectivity index (χ2n) is 4.00. The van der Waals surface area contributed by atoms with Gasteiger partial charge in [0, 0.05) is 16.8 Å². The van der Waals surface area contributed by atoms with Crippen molar-refractivity contribution in [2.45, 2.75) is 19.9 Å². The van der Waals surface area contributed by atoms with Gasteiger partial charge in [0.2, 0.25) is 0 Å². The summed E-state index contributed by atoms with van der Waals surface area (Å²) in [5.74, 6) is 0. The first-order chi connectivity index (χ1) is 7.61. The minimum absolute atomic E-state index is 0.241. The van der Waals surface area contributed by atoms with Crippen LogP contribution >= 0.6 is 11.3 Å². The van der Waals surface area contributed by atoms with Gasteiger partial charge in [-0.25, -0.2) is 0 Å². The average molecular weight is 235 g/mol. The van der Waals surface area contributed by atoms with Crippen molar-refractivity contribution in [3.63, 3.8) is 0 Å². The van der Waals surface area contributed by atoms with Gasteiger partial charge >= 0.3 is 0 Å². The molecule has 0 aliphatic rings. The number of rotatable bonds is 3. The number of hydrogen-bond acceptors (Lipinski definition) is 3. The summed E-state index contributed by atoms with van der Waals surface area (Å²) in [5, 5.41) is 7.75. The Morgan fingerprint density at radius 2 is 2.12 bits per heavy atom. The molecule has 2 rings (SSSR count). The molecule has 3 nitrogen and oxygen atoms in total. The van der Waals surface area contributed by atoms with Gasteiger partial charge < -0.3 is 5.32 Å². The molecule has 0 aromatic carbocycles. The lowest BCUT2D eigenvalue weighted by molar-refractivity contribution is 0.611. The minimum atomic E-state index is 0.241. The molecule has 1 unspecified atom stereocenters. The second-order valence-corrected chi connectivity index (χ2v) is 5.32. The molecule has 2 heterocycles. The maximum absolute atomic E-state index is 4.39. The van der Waals surface area contributed by atoms with E-state index in [4.69, 9.17) is 0 Å². The Balaban J connectivity index is 2.40. The molecule has 0 aliphatic heterocycles. The SMILES string of the molecule is CNC(c1ccc(C)s1)c1cc(C)nn1C. The van der Waals surface area contributed by atoms with Crippen molar-refractivity contribution >= 4 is 11.3 Å². The fourth-order valence-corrected chi connectivity index (χ4v) is 2.95. The van der Waals surface area contributed by atoms with Gasteiger partial charge in [0.1, 0.15) is 0 Å². The molecule has 2 aromatic heterocycles. The van der Waals surface area contributed by atoms with Crippen molar-refractivity contribution < 1.29 is 0 Å². The van der Waals surface area contributed by atoms with E-state index in [1.165, 1.54) is 15.4 Å². The molecule has 4 heteroatoms. The van der Waals surface area contributed by atoms with Gasteiger partial charge in [0.05, 0.1) is 17.4 Å². The van der Waals surface area contributed by atoms with Gasteiger partial charge in [-0.1, -0.05) is 0 Å². The second kappa shape index (κ2) is 4.39. The lowest BCUT2D eigenvalue weighted by Gasteiger charge is -2.14. The molecule has 2 aromatic rings. The summed E-state index contributed by atoms with van der Waals surface area (Å²) in [4.78, 5) is 2.68. The highest BCUT2D eigenvalue weighted by atomic mass is 32.1. The van der Waals surface area contributed by atoms with Gasteiger partial charge in [-0.3, -0.25) is 4.68 Å². The molecule has 1 atom stereocenters. The molecule has 0 amide bonds. The Morgan fingerprint density at radius 3 is 2.56 bits per heavy atom. The van der Waals surface area contributed by atoms with Crippen molar-refractivity contribution in [2.75, 3.05) is 7.05 Å². The van der Waals surface area contributed by atoms with Crippen LogP contribution < -0.4 is 5.32 Å². The van der Waals surface area contributed by atoms with E-state index in [2.05, 4.69) is 35.5 Å². The van der Waals surface area contributed by atoms with E-state index >= 15 is 0 Å². The quantitative estimate of drug-likeness (QED) is 0.885. The lowest BCUT2D eigenvalue weighted by Crippen LogP contribution is -2.19. The Bertz CT molecular complexity index is 484. The van der Waals surface area contributed by atoms with Gasteiger partial charge in [-0.05, 0) is 39.1 Å². The van der Waals surface area contributed by atoms with Gasteiger partial charge in [-0.15, -0.1) is 11.3 Å². The first kappa shape index (κ1) is 11.4. The third-order valence-corrected chi connectivity index (χ3v) is 3.73. The van der Waals surface area contributed by atoms with Crippen LogP contribution in [0.1, 0.15) is 27.2 Å². The fourth-order valence-electron chi connectivity index (χ4n) is 1.95. The number of aromatic nitrogens is 2. The van der Waals surface area contributed by atoms with Gasteiger partial charge in [0.15, 0.2) is 0 Å². The molecule has 16 heavy (non-hydrogen) atoms. The molecular weight excluding hydrogens is 218 g/mol. The highest BCUT2D eigenvalue weighted by Crippen LogP contribution is 2.27. The molecule has 0 saturated carbocycles. The van der Waals surface area contributed by atoms with Crippen molar-refractivity contribution in [1.29, 1.82) is 0 Å². The Kier molecular flexibility index (Phi) is 3.12. The third-order valence-electron chi connectivity index (χ3n) is 2.67. The topological polar surface area (TPSA) is 29.9 Å². The van der Waals surface area contributed by atoms with Gasteiger partial charge in [0.25, 0.3) is 0 Å². The van der Waals surface area contributed by atoms with E-state index < -0.39 is 0 Å². The van der Waals surface area contributed by atoms with Crippen LogP contribution in [0.2, 0.25) is 0 Å². The minimum Gasteiger partial charge on any atom is -0.307 e. The zero-order valence-electron chi connectivity index (χ0n) is 10.1. The Morgan fingerprint density at radius 1 is 1.38 bits per heavy atom. The number of hydrogen-bond donors (Lipinski definition) is 1. The lowest BCUT2D eigenvalue weighted by atomic mass is 10.1. The predicted octanol–water partition coefficient (Wildman–Crippen LogP) is 2.41. The van der Waals surface area contributed by atoms with Crippen molar-refractivity contribution in [2.24, 2.45) is 7.05 Å². The molecule has 0 radical (unpaired) electrons. The summed E-state index contributed by atoms with van der Waals surface area (Å²) in [6, 6.07) is 6.72. The smallest absolute Gasteiger partial charge is 0.0839 e. The maximum atomic E-state index is 4.39. The summed E-state index contributed by atoms with van der Waals surface area (Å²) in [7, 11) is 3.98. The number of nitrogens with one attached hydrogen (secondary N) is 1. The summed E-state index contributed by atoms with van der Waals surface area (Å²) in [6.07, 6.45) is 0. The standard InChI is InChI=1S/C12H17N3S/c1-8-7-10(15(4)14-8)12(13-3)11-6-5-9(2)16-11/h5-7,12-13H,1-4H3. The summed E-state index contributed by atoms with van der Waals surface area (Å²) < 4.78 is 1.95. The zero-order chi connectivity index (χ0) is 11.7. The molecule has 0 aliphatic carbocycles. The third kappa shape index (κ3) is 2.03. The molecular formula is C12H17N3S. The van der Waals surface area contributed by atoms with E-state index in [1.807, 2.05) is 37.0 Å². The monoisotopic (exact) mass is 235 g/mol. The molecule has 0 saturated heterocycles. The van der Waals surface area contributed by atoms with Crippen LogP contribution in [0, 0.1) is 13.8 Å². The normalized spacial score (nSPS) is 13.0. The van der Waals surface area contributed by atoms with Crippen LogP contribution in [-0.2, 0) is 7.05 Å². The van der Waals surface area contributed by atoms with E-state index in [1.54, 1.807) is 0 Å². The van der Waals surface area contributed by atoms with Crippen LogP contribution in [-0.4, -0.2) is 16.8 Å². The molecule has 1 N–H and O–H groups in total. The Hall–Kier alpha value is -1.13. The van der Waals surface area contributed by atoms with Crippen LogP contribution in [0.25, 0.3) is 0 Å². The van der Waals surface area contributed by atoms with E-state index in [-0.39, 0.29) is 6.04 Å². The summed E-state index contributed by atoms with van der Waals surface area (Å²) in [5.41, 5.74) is 2.27. The Labute approximate surface area is 100 Å². The first-order valence-corrected chi connectivity index (χ1v) is 6.17. The van der Waals surface area contributed by atoms with Crippen molar-refractivity contribution in [1.82, 2.24) is 15.1 Å². The summed E-state index contributed by atoms with van der Waals surface area (Å²) in [6.45, 7) is 4.16.